The van der Waals surface area contributed by atoms with Crippen molar-refractivity contribution < 1.29 is 4.79 Å². The zero-order valence-electron chi connectivity index (χ0n) is 17.9. The number of H-pyrrole nitrogens is 1. The predicted octanol–water partition coefficient (Wildman–Crippen LogP) is 3.46. The van der Waals surface area contributed by atoms with Crippen LogP contribution in [0.5, 0.6) is 0 Å². The smallest absolute Gasteiger partial charge is 0.326 e. The molecule has 2 heterocycles. The van der Waals surface area contributed by atoms with Crippen LogP contribution < -0.4 is 11.0 Å². The van der Waals surface area contributed by atoms with E-state index in [0.717, 1.165) is 42.5 Å². The molecule has 6 nitrogen and oxygen atoms in total. The summed E-state index contributed by atoms with van der Waals surface area (Å²) in [5.74, 6) is 0.0449. The van der Waals surface area contributed by atoms with E-state index in [4.69, 9.17) is 0 Å². The van der Waals surface area contributed by atoms with Crippen LogP contribution in [-0.4, -0.2) is 40.0 Å². The molecule has 1 aromatic heterocycles. The number of likely N-dealkylation sites (tertiary alicyclic amines) is 1. The van der Waals surface area contributed by atoms with Crippen molar-refractivity contribution in [1.29, 1.82) is 0 Å². The molecule has 158 valence electrons. The number of carbonyl (C=O) groups is 1. The minimum Gasteiger partial charge on any atom is -0.348 e. The van der Waals surface area contributed by atoms with Gasteiger partial charge in [-0.15, -0.1) is 0 Å². The van der Waals surface area contributed by atoms with Crippen LogP contribution in [0.15, 0.2) is 47.3 Å². The average Bonchev–Trinajstić information content (AvgIpc) is 3.06. The molecule has 1 unspecified atom stereocenters. The molecule has 1 atom stereocenters. The highest BCUT2D eigenvalue weighted by molar-refractivity contribution is 5.78. The van der Waals surface area contributed by atoms with Gasteiger partial charge in [-0.05, 0) is 62.4 Å². The Hall–Kier alpha value is -2.86. The molecule has 30 heavy (non-hydrogen) atoms. The van der Waals surface area contributed by atoms with E-state index < -0.39 is 0 Å². The highest BCUT2D eigenvalue weighted by Crippen LogP contribution is 2.24. The van der Waals surface area contributed by atoms with E-state index in [1.165, 1.54) is 11.1 Å². The summed E-state index contributed by atoms with van der Waals surface area (Å²) < 4.78 is 1.88. The van der Waals surface area contributed by atoms with Gasteiger partial charge in [-0.1, -0.05) is 30.3 Å². The molecule has 0 aliphatic carbocycles. The Morgan fingerprint density at radius 1 is 1.13 bits per heavy atom. The first-order valence-electron chi connectivity index (χ1n) is 10.7. The van der Waals surface area contributed by atoms with E-state index in [-0.39, 0.29) is 23.7 Å². The number of aryl methyl sites for hydroxylation is 2. The number of hydrogen-bond donors (Lipinski definition) is 2. The molecule has 0 bridgehead atoms. The summed E-state index contributed by atoms with van der Waals surface area (Å²) in [6.45, 7) is 8.22. The number of nitrogens with one attached hydrogen (secondary N) is 2. The lowest BCUT2D eigenvalue weighted by Gasteiger charge is -2.32. The molecule has 0 saturated carbocycles. The molecule has 0 radical (unpaired) electrons. The number of nitrogens with zero attached hydrogens (tertiary/aromatic N) is 2. The van der Waals surface area contributed by atoms with Gasteiger partial charge >= 0.3 is 5.69 Å². The Bertz CT molecular complexity index is 1110. The minimum absolute atomic E-state index is 0.0147. The van der Waals surface area contributed by atoms with Crippen molar-refractivity contribution in [3.8, 4) is 0 Å². The van der Waals surface area contributed by atoms with Crippen molar-refractivity contribution in [3.05, 3.63) is 69.6 Å². The number of fused-ring (bicyclic) bond motifs is 1. The van der Waals surface area contributed by atoms with Crippen LogP contribution >= 0.6 is 0 Å². The fraction of sp³-hybridized carbons (Fsp3) is 0.417. The van der Waals surface area contributed by atoms with E-state index in [0.29, 0.717) is 6.54 Å². The molecular weight excluding hydrogens is 376 g/mol. The van der Waals surface area contributed by atoms with Crippen LogP contribution in [0.1, 0.15) is 48.5 Å². The summed E-state index contributed by atoms with van der Waals surface area (Å²) in [6.07, 6.45) is 1.73. The fourth-order valence-electron chi connectivity index (χ4n) is 4.38. The molecule has 1 aliphatic rings. The number of carbonyl (C=O) groups excluding carboxylic acids is 1. The first-order valence-corrected chi connectivity index (χ1v) is 10.7. The topological polar surface area (TPSA) is 70.1 Å². The van der Waals surface area contributed by atoms with Crippen molar-refractivity contribution in [1.82, 2.24) is 19.8 Å². The first kappa shape index (κ1) is 20.4. The monoisotopic (exact) mass is 406 g/mol. The highest BCUT2D eigenvalue weighted by Gasteiger charge is 2.25. The molecule has 1 amide bonds. The molecule has 2 aromatic carbocycles. The van der Waals surface area contributed by atoms with Crippen molar-refractivity contribution in [2.75, 3.05) is 19.6 Å². The van der Waals surface area contributed by atoms with Gasteiger partial charge in [-0.3, -0.25) is 14.3 Å². The van der Waals surface area contributed by atoms with Crippen LogP contribution in [0.3, 0.4) is 0 Å². The van der Waals surface area contributed by atoms with Gasteiger partial charge in [-0.25, -0.2) is 4.79 Å². The lowest BCUT2D eigenvalue weighted by Crippen LogP contribution is -2.43. The van der Waals surface area contributed by atoms with Crippen molar-refractivity contribution in [2.45, 2.75) is 45.7 Å². The molecule has 3 aromatic rings. The molecular formula is C24H30N4O2. The third-order valence-electron chi connectivity index (χ3n) is 6.32. The Labute approximate surface area is 176 Å². The summed E-state index contributed by atoms with van der Waals surface area (Å²) in [4.78, 5) is 30.1. The minimum atomic E-state index is -0.0467. The van der Waals surface area contributed by atoms with Gasteiger partial charge in [0, 0.05) is 19.1 Å². The van der Waals surface area contributed by atoms with Gasteiger partial charge in [-0.2, -0.15) is 0 Å². The zero-order valence-corrected chi connectivity index (χ0v) is 17.9. The number of aromatic nitrogens is 2. The van der Waals surface area contributed by atoms with Crippen LogP contribution in [0, 0.1) is 13.8 Å². The number of piperidine rings is 1. The number of benzene rings is 2. The molecule has 2 N–H and O–H groups in total. The number of hydrogen-bond acceptors (Lipinski definition) is 3. The number of imidazole rings is 1. The van der Waals surface area contributed by atoms with Gasteiger partial charge in [0.05, 0.1) is 23.6 Å². The summed E-state index contributed by atoms with van der Waals surface area (Å²) in [5, 5.41) is 3.12. The number of para-hydroxylation sites is 2. The van der Waals surface area contributed by atoms with Gasteiger partial charge in [0.2, 0.25) is 5.91 Å². The zero-order chi connectivity index (χ0) is 21.3. The Kier molecular flexibility index (Phi) is 5.77. The van der Waals surface area contributed by atoms with Crippen molar-refractivity contribution in [3.63, 3.8) is 0 Å². The average molecular weight is 407 g/mol. The van der Waals surface area contributed by atoms with E-state index in [1.54, 1.807) is 0 Å². The number of aromatic amines is 1. The Morgan fingerprint density at radius 2 is 1.87 bits per heavy atom. The third kappa shape index (κ3) is 4.19. The predicted molar refractivity (Wildman–Crippen MR) is 120 cm³/mol. The summed E-state index contributed by atoms with van der Waals surface area (Å²) in [6, 6.07) is 14.3. The Balaban J connectivity index is 1.33. The molecule has 1 aliphatic heterocycles. The fourth-order valence-corrected chi connectivity index (χ4v) is 4.38. The van der Waals surface area contributed by atoms with Crippen LogP contribution in [0.2, 0.25) is 0 Å². The normalized spacial score (nSPS) is 16.6. The standard InChI is InChI=1S/C24H30N4O2/c1-16-8-9-19(14-17(16)2)18(3)25-23(29)15-27-12-10-20(11-13-27)28-22-7-5-4-6-21(22)26-24(28)30/h4-9,14,18,20H,10-13,15H2,1-3H3,(H,25,29)(H,26,30). The Morgan fingerprint density at radius 3 is 2.60 bits per heavy atom. The van der Waals surface area contributed by atoms with E-state index in [9.17, 15) is 9.59 Å². The molecule has 1 fully saturated rings. The second kappa shape index (κ2) is 8.48. The highest BCUT2D eigenvalue weighted by atomic mass is 16.2. The van der Waals surface area contributed by atoms with E-state index >= 15 is 0 Å². The summed E-state index contributed by atoms with van der Waals surface area (Å²) in [5.41, 5.74) is 5.42. The van der Waals surface area contributed by atoms with Gasteiger partial charge in [0.1, 0.15) is 0 Å². The van der Waals surface area contributed by atoms with E-state index in [2.05, 4.69) is 47.2 Å². The largest absolute Gasteiger partial charge is 0.348 e. The van der Waals surface area contributed by atoms with Crippen LogP contribution in [-0.2, 0) is 4.79 Å². The molecule has 6 heteroatoms. The maximum Gasteiger partial charge on any atom is 0.326 e. The second-order valence-electron chi connectivity index (χ2n) is 8.46. The van der Waals surface area contributed by atoms with Gasteiger partial charge in [0.25, 0.3) is 0 Å². The SMILES string of the molecule is Cc1ccc(C(C)NC(=O)CN2CCC(n3c(=O)[nH]c4ccccc43)CC2)cc1C. The third-order valence-corrected chi connectivity index (χ3v) is 6.32. The second-order valence-corrected chi connectivity index (χ2v) is 8.46. The maximum absolute atomic E-state index is 12.6. The maximum atomic E-state index is 12.6. The molecule has 0 spiro atoms. The van der Waals surface area contributed by atoms with Crippen LogP contribution in [0.25, 0.3) is 11.0 Å². The van der Waals surface area contributed by atoms with Crippen molar-refractivity contribution in [2.24, 2.45) is 0 Å². The lowest BCUT2D eigenvalue weighted by atomic mass is 10.0. The van der Waals surface area contributed by atoms with E-state index in [1.807, 2.05) is 35.8 Å². The van der Waals surface area contributed by atoms with Gasteiger partial charge in [0.15, 0.2) is 0 Å². The first-order chi connectivity index (χ1) is 14.4. The quantitative estimate of drug-likeness (QED) is 0.682. The summed E-state index contributed by atoms with van der Waals surface area (Å²) in [7, 11) is 0. The number of amides is 1. The molecule has 1 saturated heterocycles. The molecule has 4 rings (SSSR count). The van der Waals surface area contributed by atoms with Crippen LogP contribution in [0.4, 0.5) is 0 Å². The summed E-state index contributed by atoms with van der Waals surface area (Å²) >= 11 is 0. The number of rotatable bonds is 5. The lowest BCUT2D eigenvalue weighted by molar-refractivity contribution is -0.123. The van der Waals surface area contributed by atoms with Gasteiger partial charge < -0.3 is 10.3 Å². The van der Waals surface area contributed by atoms with Crippen molar-refractivity contribution >= 4 is 16.9 Å².